The Kier molecular flexibility index (Phi) is 3.29. The first kappa shape index (κ1) is 11.9. The Bertz CT molecular complexity index is 542. The molecule has 3 nitrogen and oxygen atoms in total. The number of Topliss-reactive ketones (excluding diaryl/α,β-unsaturated/α-hetero) is 1. The first-order valence-corrected chi connectivity index (χ1v) is 5.79. The molecule has 1 heterocycles. The summed E-state index contributed by atoms with van der Waals surface area (Å²) < 4.78 is 2.13. The van der Waals surface area contributed by atoms with E-state index in [2.05, 4.69) is 36.0 Å². The number of carbonyl (C=O) groups is 1. The lowest BCUT2D eigenvalue weighted by Crippen LogP contribution is -2.23. The minimum Gasteiger partial charge on any atom is -0.350 e. The molecule has 0 aliphatic carbocycles. The summed E-state index contributed by atoms with van der Waals surface area (Å²) in [6.07, 6.45) is 2.14. The van der Waals surface area contributed by atoms with Crippen molar-refractivity contribution in [3.8, 4) is 0 Å². The second-order valence-corrected chi connectivity index (χ2v) is 4.66. The van der Waals surface area contributed by atoms with Crippen LogP contribution in [0.5, 0.6) is 0 Å². The van der Waals surface area contributed by atoms with Crippen LogP contribution in [0.3, 0.4) is 0 Å². The van der Waals surface area contributed by atoms with E-state index in [0.717, 1.165) is 6.54 Å². The van der Waals surface area contributed by atoms with E-state index >= 15 is 0 Å². The fraction of sp³-hybridized carbons (Fsp3) is 0.357. The zero-order chi connectivity index (χ0) is 12.4. The molecule has 0 bridgehead atoms. The number of rotatable bonds is 4. The highest BCUT2D eigenvalue weighted by atomic mass is 16.1. The van der Waals surface area contributed by atoms with Gasteiger partial charge in [0.1, 0.15) is 5.78 Å². The highest BCUT2D eigenvalue weighted by Gasteiger charge is 2.09. The summed E-state index contributed by atoms with van der Waals surface area (Å²) >= 11 is 0. The van der Waals surface area contributed by atoms with E-state index < -0.39 is 0 Å². The summed E-state index contributed by atoms with van der Waals surface area (Å²) in [4.78, 5) is 13.1. The molecular weight excluding hydrogens is 212 g/mol. The lowest BCUT2D eigenvalue weighted by atomic mass is 10.1. The number of hydrogen-bond acceptors (Lipinski definition) is 2. The molecule has 0 unspecified atom stereocenters. The van der Waals surface area contributed by atoms with Gasteiger partial charge in [0.05, 0.1) is 6.54 Å². The van der Waals surface area contributed by atoms with Crippen LogP contribution in [-0.4, -0.2) is 28.8 Å². The van der Waals surface area contributed by atoms with E-state index in [9.17, 15) is 4.79 Å². The third kappa shape index (κ3) is 2.56. The normalized spacial score (nSPS) is 11.3. The Labute approximate surface area is 102 Å². The molecule has 0 spiro atoms. The van der Waals surface area contributed by atoms with Crippen LogP contribution < -0.4 is 0 Å². The molecule has 1 aromatic heterocycles. The predicted molar refractivity (Wildman–Crippen MR) is 69.9 cm³/mol. The van der Waals surface area contributed by atoms with Gasteiger partial charge in [-0.25, -0.2) is 0 Å². The van der Waals surface area contributed by atoms with Crippen molar-refractivity contribution in [3.63, 3.8) is 0 Å². The van der Waals surface area contributed by atoms with E-state index in [1.165, 1.54) is 16.5 Å². The van der Waals surface area contributed by atoms with Gasteiger partial charge in [0.2, 0.25) is 0 Å². The number of benzene rings is 1. The largest absolute Gasteiger partial charge is 0.350 e. The smallest absolute Gasteiger partial charge is 0.143 e. The summed E-state index contributed by atoms with van der Waals surface area (Å²) in [7, 11) is 4.03. The van der Waals surface area contributed by atoms with Gasteiger partial charge in [-0.1, -0.05) is 18.2 Å². The average molecular weight is 230 g/mol. The van der Waals surface area contributed by atoms with Crippen LogP contribution in [0.4, 0.5) is 0 Å². The molecule has 2 aromatic rings. The van der Waals surface area contributed by atoms with Crippen molar-refractivity contribution in [1.29, 1.82) is 0 Å². The van der Waals surface area contributed by atoms with Crippen molar-refractivity contribution < 1.29 is 4.79 Å². The van der Waals surface area contributed by atoms with E-state index in [1.54, 1.807) is 6.92 Å². The van der Waals surface area contributed by atoms with Gasteiger partial charge in [0.25, 0.3) is 0 Å². The molecule has 0 N–H and O–H groups in total. The van der Waals surface area contributed by atoms with Gasteiger partial charge in [0.15, 0.2) is 0 Å². The van der Waals surface area contributed by atoms with Gasteiger partial charge in [-0.15, -0.1) is 0 Å². The van der Waals surface area contributed by atoms with Crippen molar-refractivity contribution in [2.24, 2.45) is 7.05 Å². The van der Waals surface area contributed by atoms with E-state index in [-0.39, 0.29) is 5.78 Å². The second-order valence-electron chi connectivity index (χ2n) is 4.66. The molecule has 0 saturated heterocycles. The molecule has 0 radical (unpaired) electrons. The fourth-order valence-electron chi connectivity index (χ4n) is 2.28. The molecule has 0 aliphatic heterocycles. The van der Waals surface area contributed by atoms with Crippen LogP contribution in [0.15, 0.2) is 30.5 Å². The number of aromatic nitrogens is 1. The highest BCUT2D eigenvalue weighted by Crippen LogP contribution is 2.21. The molecule has 0 saturated carbocycles. The number of para-hydroxylation sites is 1. The minimum atomic E-state index is 0.202. The van der Waals surface area contributed by atoms with Crippen LogP contribution in [0.2, 0.25) is 0 Å². The lowest BCUT2D eigenvalue weighted by Gasteiger charge is -2.13. The van der Waals surface area contributed by atoms with Gasteiger partial charge < -0.3 is 4.57 Å². The summed E-state index contributed by atoms with van der Waals surface area (Å²) in [6, 6.07) is 8.35. The van der Waals surface area contributed by atoms with Crippen LogP contribution in [0.1, 0.15) is 12.5 Å². The molecule has 1 aromatic carbocycles. The van der Waals surface area contributed by atoms with Crippen molar-refractivity contribution >= 4 is 16.7 Å². The molecular formula is C14H18N2O. The number of fused-ring (bicyclic) bond motifs is 1. The topological polar surface area (TPSA) is 25.2 Å². The van der Waals surface area contributed by atoms with E-state index in [4.69, 9.17) is 0 Å². The van der Waals surface area contributed by atoms with Gasteiger partial charge in [-0.3, -0.25) is 9.69 Å². The molecule has 3 heteroatoms. The van der Waals surface area contributed by atoms with Gasteiger partial charge in [-0.05, 0) is 25.6 Å². The summed E-state index contributed by atoms with van der Waals surface area (Å²) in [5.74, 6) is 0.202. The summed E-state index contributed by atoms with van der Waals surface area (Å²) in [6.45, 7) is 2.93. The quantitative estimate of drug-likeness (QED) is 0.804. The number of aryl methyl sites for hydroxylation is 1. The number of likely N-dealkylation sites (N-methyl/N-ethyl adjacent to an activating group) is 1. The Balaban J connectivity index is 2.27. The van der Waals surface area contributed by atoms with Crippen molar-refractivity contribution in [2.75, 3.05) is 13.6 Å². The van der Waals surface area contributed by atoms with Crippen LogP contribution in [0.25, 0.3) is 10.9 Å². The Morgan fingerprint density at radius 1 is 1.35 bits per heavy atom. The zero-order valence-electron chi connectivity index (χ0n) is 10.6. The molecule has 90 valence electrons. The molecule has 17 heavy (non-hydrogen) atoms. The van der Waals surface area contributed by atoms with Gasteiger partial charge >= 0.3 is 0 Å². The Morgan fingerprint density at radius 2 is 2.06 bits per heavy atom. The monoisotopic (exact) mass is 230 g/mol. The van der Waals surface area contributed by atoms with E-state index in [1.807, 2.05) is 18.0 Å². The average Bonchev–Trinajstić information content (AvgIpc) is 2.55. The molecule has 0 atom stereocenters. The maximum absolute atomic E-state index is 11.1. The van der Waals surface area contributed by atoms with Gasteiger partial charge in [-0.2, -0.15) is 0 Å². The molecule has 0 amide bonds. The standard InChI is InChI=1S/C14H18N2O/c1-11(17)8-15(2)9-12-10-16(3)14-7-5-4-6-13(12)14/h4-7,10H,8-9H2,1-3H3. The van der Waals surface area contributed by atoms with Gasteiger partial charge in [0, 0.05) is 30.7 Å². The third-order valence-corrected chi connectivity index (χ3v) is 2.91. The Morgan fingerprint density at radius 3 is 2.76 bits per heavy atom. The van der Waals surface area contributed by atoms with Crippen molar-refractivity contribution in [1.82, 2.24) is 9.47 Å². The van der Waals surface area contributed by atoms with E-state index in [0.29, 0.717) is 6.54 Å². The lowest BCUT2D eigenvalue weighted by molar-refractivity contribution is -0.117. The highest BCUT2D eigenvalue weighted by molar-refractivity contribution is 5.84. The van der Waals surface area contributed by atoms with Crippen molar-refractivity contribution in [3.05, 3.63) is 36.0 Å². The Hall–Kier alpha value is -1.61. The summed E-state index contributed by atoms with van der Waals surface area (Å²) in [5, 5.41) is 1.27. The second kappa shape index (κ2) is 4.72. The number of nitrogens with zero attached hydrogens (tertiary/aromatic N) is 2. The number of ketones is 1. The number of hydrogen-bond donors (Lipinski definition) is 0. The van der Waals surface area contributed by atoms with Crippen LogP contribution >= 0.6 is 0 Å². The maximum atomic E-state index is 11.1. The maximum Gasteiger partial charge on any atom is 0.143 e. The number of carbonyl (C=O) groups excluding carboxylic acids is 1. The zero-order valence-corrected chi connectivity index (χ0v) is 10.6. The SMILES string of the molecule is CC(=O)CN(C)Cc1cn(C)c2ccccc12. The van der Waals surface area contributed by atoms with Crippen LogP contribution in [-0.2, 0) is 18.4 Å². The first-order valence-electron chi connectivity index (χ1n) is 5.79. The van der Waals surface area contributed by atoms with Crippen LogP contribution in [0, 0.1) is 0 Å². The van der Waals surface area contributed by atoms with Crippen molar-refractivity contribution in [2.45, 2.75) is 13.5 Å². The fourth-order valence-corrected chi connectivity index (χ4v) is 2.28. The first-order chi connectivity index (χ1) is 8.08. The predicted octanol–water partition coefficient (Wildman–Crippen LogP) is 2.20. The summed E-state index contributed by atoms with van der Waals surface area (Å²) in [5.41, 5.74) is 2.51. The third-order valence-electron chi connectivity index (χ3n) is 2.91. The minimum absolute atomic E-state index is 0.202. The molecule has 2 rings (SSSR count). The molecule has 0 fully saturated rings. The molecule has 0 aliphatic rings.